The number of halogens is 1. The zero-order valence-electron chi connectivity index (χ0n) is 15.0. The van der Waals surface area contributed by atoms with Crippen LogP contribution in [-0.2, 0) is 6.54 Å². The van der Waals surface area contributed by atoms with Crippen molar-refractivity contribution in [3.05, 3.63) is 105 Å². The van der Waals surface area contributed by atoms with E-state index in [9.17, 15) is 9.90 Å². The first-order valence-corrected chi connectivity index (χ1v) is 9.65. The summed E-state index contributed by atoms with van der Waals surface area (Å²) in [7, 11) is 0. The lowest BCUT2D eigenvalue weighted by atomic mass is 10.1. The molecule has 0 unspecified atom stereocenters. The van der Waals surface area contributed by atoms with Crippen LogP contribution in [-0.4, -0.2) is 4.40 Å². The standard InChI is InChI=1S/C23H17BrN2O2/c24-19(15-17-9-3-1-4-10-17)16-26-20-13-7-8-14-25(20)22(27)21(23(26)28)18-11-5-2-6-12-18/h1-15H,16H2/b19-15-. The van der Waals surface area contributed by atoms with Gasteiger partial charge in [0.05, 0.1) is 12.1 Å². The zero-order chi connectivity index (χ0) is 19.5. The van der Waals surface area contributed by atoms with Crippen LogP contribution in [0.5, 0.6) is 5.88 Å². The highest BCUT2D eigenvalue weighted by Crippen LogP contribution is 2.22. The summed E-state index contributed by atoms with van der Waals surface area (Å²) >= 11 is 3.58. The Bertz CT molecular complexity index is 1220. The largest absolute Gasteiger partial charge is 0.842 e. The molecule has 0 saturated heterocycles. The lowest BCUT2D eigenvalue weighted by molar-refractivity contribution is -0.707. The second-order valence-corrected chi connectivity index (χ2v) is 7.39. The van der Waals surface area contributed by atoms with E-state index in [1.165, 1.54) is 4.40 Å². The summed E-state index contributed by atoms with van der Waals surface area (Å²) in [4.78, 5) is 13.0. The summed E-state index contributed by atoms with van der Waals surface area (Å²) in [6, 6.07) is 24.3. The second kappa shape index (κ2) is 7.82. The van der Waals surface area contributed by atoms with Crippen molar-refractivity contribution < 1.29 is 9.67 Å². The van der Waals surface area contributed by atoms with E-state index in [0.29, 0.717) is 17.8 Å². The minimum Gasteiger partial charge on any atom is -0.842 e. The van der Waals surface area contributed by atoms with Crippen LogP contribution in [0.2, 0.25) is 0 Å². The van der Waals surface area contributed by atoms with E-state index in [-0.39, 0.29) is 17.0 Å². The van der Waals surface area contributed by atoms with Crippen molar-refractivity contribution in [2.75, 3.05) is 0 Å². The van der Waals surface area contributed by atoms with Crippen LogP contribution in [0.4, 0.5) is 0 Å². The Morgan fingerprint density at radius 2 is 1.61 bits per heavy atom. The summed E-state index contributed by atoms with van der Waals surface area (Å²) in [5, 5.41) is 13.3. The monoisotopic (exact) mass is 432 g/mol. The van der Waals surface area contributed by atoms with Gasteiger partial charge in [-0.05, 0) is 23.3 Å². The smallest absolute Gasteiger partial charge is 0.349 e. The number of allylic oxidation sites excluding steroid dienone is 1. The molecular weight excluding hydrogens is 416 g/mol. The van der Waals surface area contributed by atoms with Crippen molar-refractivity contribution in [3.63, 3.8) is 0 Å². The van der Waals surface area contributed by atoms with Gasteiger partial charge in [-0.3, -0.25) is 0 Å². The highest BCUT2D eigenvalue weighted by Gasteiger charge is 2.20. The molecule has 5 heteroatoms. The van der Waals surface area contributed by atoms with Crippen molar-refractivity contribution in [3.8, 4) is 17.0 Å². The van der Waals surface area contributed by atoms with E-state index >= 15 is 0 Å². The van der Waals surface area contributed by atoms with Gasteiger partial charge in [0.25, 0.3) is 5.65 Å². The second-order valence-electron chi connectivity index (χ2n) is 6.37. The van der Waals surface area contributed by atoms with Gasteiger partial charge in [0, 0.05) is 10.5 Å². The van der Waals surface area contributed by atoms with Gasteiger partial charge < -0.3 is 5.11 Å². The Morgan fingerprint density at radius 3 is 2.32 bits per heavy atom. The predicted molar refractivity (Wildman–Crippen MR) is 112 cm³/mol. The number of nitrogens with zero attached hydrogens (tertiary/aromatic N) is 2. The highest BCUT2D eigenvalue weighted by molar-refractivity contribution is 9.11. The van der Waals surface area contributed by atoms with Gasteiger partial charge in [0.1, 0.15) is 12.1 Å². The molecule has 0 spiro atoms. The van der Waals surface area contributed by atoms with E-state index in [4.69, 9.17) is 0 Å². The number of rotatable bonds is 4. The third kappa shape index (κ3) is 3.49. The van der Waals surface area contributed by atoms with Gasteiger partial charge in [-0.25, -0.2) is 9.36 Å². The van der Waals surface area contributed by atoms with Crippen LogP contribution in [0.15, 0.2) is 94.3 Å². The van der Waals surface area contributed by atoms with Crippen molar-refractivity contribution in [2.24, 2.45) is 0 Å². The molecule has 2 heterocycles. The molecule has 0 N–H and O–H groups in total. The molecule has 28 heavy (non-hydrogen) atoms. The number of hydrogen-bond acceptors (Lipinski definition) is 2. The van der Waals surface area contributed by atoms with Gasteiger partial charge in [-0.15, -0.1) is 0 Å². The molecule has 4 rings (SSSR count). The average Bonchev–Trinajstić information content (AvgIpc) is 2.73. The Labute approximate surface area is 170 Å². The topological polar surface area (TPSA) is 48.4 Å². The molecule has 0 aliphatic rings. The maximum Gasteiger partial charge on any atom is 0.349 e. The van der Waals surface area contributed by atoms with Gasteiger partial charge in [-0.2, -0.15) is 4.40 Å². The van der Waals surface area contributed by atoms with E-state index in [2.05, 4.69) is 15.9 Å². The first-order chi connectivity index (χ1) is 13.6. The van der Waals surface area contributed by atoms with Crippen LogP contribution >= 0.6 is 15.9 Å². The van der Waals surface area contributed by atoms with Crippen molar-refractivity contribution in [1.82, 2.24) is 4.40 Å². The summed E-state index contributed by atoms with van der Waals surface area (Å²) in [5.41, 5.74) is 2.06. The van der Waals surface area contributed by atoms with Crippen molar-refractivity contribution in [1.29, 1.82) is 0 Å². The van der Waals surface area contributed by atoms with Crippen LogP contribution in [0.25, 0.3) is 22.9 Å². The minimum atomic E-state index is -0.314. The minimum absolute atomic E-state index is 0.171. The van der Waals surface area contributed by atoms with E-state index in [0.717, 1.165) is 10.0 Å². The average molecular weight is 433 g/mol. The van der Waals surface area contributed by atoms with Crippen LogP contribution < -0.4 is 15.2 Å². The quantitative estimate of drug-likeness (QED) is 0.461. The van der Waals surface area contributed by atoms with Crippen LogP contribution in [0, 0.1) is 0 Å². The van der Waals surface area contributed by atoms with E-state index in [1.54, 1.807) is 35.0 Å². The van der Waals surface area contributed by atoms with Crippen LogP contribution in [0.3, 0.4) is 0 Å². The Hall–Kier alpha value is -3.18. The fourth-order valence-electron chi connectivity index (χ4n) is 3.21. The number of aromatic nitrogens is 2. The van der Waals surface area contributed by atoms with Gasteiger partial charge >= 0.3 is 5.56 Å². The molecule has 138 valence electrons. The molecule has 4 aromatic rings. The lowest BCUT2D eigenvalue weighted by Crippen LogP contribution is -2.44. The highest BCUT2D eigenvalue weighted by atomic mass is 79.9. The normalized spacial score (nSPS) is 11.7. The number of benzene rings is 2. The van der Waals surface area contributed by atoms with Gasteiger partial charge in [0.2, 0.25) is 0 Å². The molecule has 0 aliphatic carbocycles. The van der Waals surface area contributed by atoms with Crippen molar-refractivity contribution in [2.45, 2.75) is 6.54 Å². The first-order valence-electron chi connectivity index (χ1n) is 8.86. The summed E-state index contributed by atoms with van der Waals surface area (Å²) in [5.74, 6) is -0.305. The molecule has 0 radical (unpaired) electrons. The third-order valence-electron chi connectivity index (χ3n) is 4.50. The summed E-state index contributed by atoms with van der Waals surface area (Å²) in [6.07, 6.45) is 3.66. The molecule has 4 nitrogen and oxygen atoms in total. The number of hydrogen-bond donors (Lipinski definition) is 0. The van der Waals surface area contributed by atoms with E-state index in [1.807, 2.05) is 60.7 Å². The van der Waals surface area contributed by atoms with E-state index < -0.39 is 0 Å². The Balaban J connectivity index is 1.90. The molecule has 0 atom stereocenters. The molecule has 0 amide bonds. The molecule has 2 aromatic heterocycles. The predicted octanol–water partition coefficient (Wildman–Crippen LogP) is 3.76. The molecule has 0 fully saturated rings. The zero-order valence-corrected chi connectivity index (χ0v) is 16.5. The number of fused-ring (bicyclic) bond motifs is 1. The third-order valence-corrected chi connectivity index (χ3v) is 4.98. The number of pyridine rings is 1. The van der Waals surface area contributed by atoms with Crippen molar-refractivity contribution >= 4 is 27.7 Å². The Kier molecular flexibility index (Phi) is 5.08. The molecule has 2 aromatic carbocycles. The van der Waals surface area contributed by atoms with Gasteiger partial charge in [0.15, 0.2) is 0 Å². The Morgan fingerprint density at radius 1 is 0.964 bits per heavy atom. The molecule has 0 bridgehead atoms. The summed E-state index contributed by atoms with van der Waals surface area (Å²) < 4.78 is 3.98. The molecular formula is C23H17BrN2O2. The maximum absolute atomic E-state index is 13.3. The summed E-state index contributed by atoms with van der Waals surface area (Å²) in [6.45, 7) is 0.321. The lowest BCUT2D eigenvalue weighted by Gasteiger charge is -2.17. The molecule has 0 aliphatic heterocycles. The fourth-order valence-corrected chi connectivity index (χ4v) is 3.72. The maximum atomic E-state index is 13.3. The fraction of sp³-hybridized carbons (Fsp3) is 0.0435. The van der Waals surface area contributed by atoms with Gasteiger partial charge in [-0.1, -0.05) is 82.7 Å². The molecule has 0 saturated carbocycles. The first kappa shape index (κ1) is 18.2. The SMILES string of the molecule is O=c1c(-c2ccccc2)c([O-])[n+](C/C(Br)=C/c2ccccc2)c2ccccn12. The van der Waals surface area contributed by atoms with Crippen LogP contribution in [0.1, 0.15) is 5.56 Å².